The first-order chi connectivity index (χ1) is 18.7. The number of benzene rings is 1. The number of fused-ring (bicyclic) bond motifs is 4. The Labute approximate surface area is 231 Å². The Morgan fingerprint density at radius 1 is 0.897 bits per heavy atom. The van der Waals surface area contributed by atoms with Crippen molar-refractivity contribution in [3.05, 3.63) is 35.7 Å². The van der Waals surface area contributed by atoms with E-state index in [-0.39, 0.29) is 6.04 Å². The van der Waals surface area contributed by atoms with Gasteiger partial charge in [-0.15, -0.1) is 0 Å². The molecule has 8 nitrogen and oxygen atoms in total. The van der Waals surface area contributed by atoms with E-state index in [1.807, 2.05) is 0 Å². The summed E-state index contributed by atoms with van der Waals surface area (Å²) in [5.74, 6) is 1.43. The summed E-state index contributed by atoms with van der Waals surface area (Å²) in [6.45, 7) is 12.7. The predicted molar refractivity (Wildman–Crippen MR) is 148 cm³/mol. The second-order valence-electron chi connectivity index (χ2n) is 13.8. The highest BCUT2D eigenvalue weighted by molar-refractivity contribution is 6.62. The Morgan fingerprint density at radius 3 is 2.21 bits per heavy atom. The molecule has 1 unspecified atom stereocenters. The van der Waals surface area contributed by atoms with Crippen molar-refractivity contribution < 1.29 is 23.6 Å². The molecule has 4 saturated heterocycles. The van der Waals surface area contributed by atoms with Gasteiger partial charge in [0.05, 0.1) is 41.9 Å². The summed E-state index contributed by atoms with van der Waals surface area (Å²) in [5, 5.41) is 0. The van der Waals surface area contributed by atoms with Gasteiger partial charge in [-0.1, -0.05) is 12.1 Å². The van der Waals surface area contributed by atoms with Crippen LogP contribution in [0.15, 0.2) is 30.2 Å². The zero-order chi connectivity index (χ0) is 26.7. The number of carbonyl (C=O) groups excluding carboxylic acids is 1. The van der Waals surface area contributed by atoms with E-state index in [0.717, 1.165) is 81.9 Å². The maximum Gasteiger partial charge on any atom is 0.494 e. The van der Waals surface area contributed by atoms with Gasteiger partial charge in [-0.3, -0.25) is 9.69 Å². The molecule has 1 aromatic carbocycles. The molecular weight excluding hydrogens is 493 g/mol. The summed E-state index contributed by atoms with van der Waals surface area (Å²) >= 11 is 0. The van der Waals surface area contributed by atoms with Crippen LogP contribution < -0.4 is 10.4 Å². The number of hydrogen-bond donors (Lipinski definition) is 0. The van der Waals surface area contributed by atoms with Gasteiger partial charge in [0.25, 0.3) is 0 Å². The molecular formula is C30H40BN3O5. The first kappa shape index (κ1) is 24.7. The summed E-state index contributed by atoms with van der Waals surface area (Å²) in [7, 11) is -0.435. The number of rotatable bonds is 4. The van der Waals surface area contributed by atoms with E-state index in [1.165, 1.54) is 5.56 Å². The van der Waals surface area contributed by atoms with Crippen LogP contribution in [0, 0.1) is 0 Å². The van der Waals surface area contributed by atoms with E-state index in [9.17, 15) is 4.79 Å². The van der Waals surface area contributed by atoms with Gasteiger partial charge in [0.15, 0.2) is 0 Å². The third-order valence-corrected chi connectivity index (χ3v) is 11.2. The SMILES string of the molecule is CC1(C)OB(c2ccc3c(c2)N(C2CC(N4C=C5CC4CO5)C2)C(=O)C32CCN(C3COC3)CC2)OC1(C)C. The quantitative estimate of drug-likeness (QED) is 0.552. The highest BCUT2D eigenvalue weighted by Gasteiger charge is 2.57. The number of ether oxygens (including phenoxy) is 2. The number of piperidine rings is 1. The van der Waals surface area contributed by atoms with Gasteiger partial charge in [-0.05, 0) is 83.6 Å². The first-order valence-corrected chi connectivity index (χ1v) is 14.9. The Bertz CT molecular complexity index is 1210. The van der Waals surface area contributed by atoms with E-state index in [1.54, 1.807) is 0 Å². The zero-order valence-corrected chi connectivity index (χ0v) is 23.7. The number of amides is 1. The molecule has 0 radical (unpaired) electrons. The lowest BCUT2D eigenvalue weighted by molar-refractivity contribution is -0.128. The lowest BCUT2D eigenvalue weighted by Gasteiger charge is -2.48. The van der Waals surface area contributed by atoms with Gasteiger partial charge < -0.3 is 28.6 Å². The Kier molecular flexibility index (Phi) is 5.22. The number of carbonyl (C=O) groups is 1. The highest BCUT2D eigenvalue weighted by Crippen LogP contribution is 2.52. The van der Waals surface area contributed by atoms with Crippen LogP contribution >= 0.6 is 0 Å². The average molecular weight is 533 g/mol. The van der Waals surface area contributed by atoms with Crippen molar-refractivity contribution in [1.82, 2.24) is 9.80 Å². The Balaban J connectivity index is 1.10. The van der Waals surface area contributed by atoms with Crippen LogP contribution in [0.5, 0.6) is 0 Å². The van der Waals surface area contributed by atoms with Crippen LogP contribution in [0.1, 0.15) is 65.4 Å². The third-order valence-electron chi connectivity index (χ3n) is 11.2. The molecule has 6 heterocycles. The minimum Gasteiger partial charge on any atom is -0.494 e. The maximum absolute atomic E-state index is 14.5. The molecule has 1 atom stereocenters. The summed E-state index contributed by atoms with van der Waals surface area (Å²) in [6, 6.07) is 8.27. The minimum atomic E-state index is -0.435. The van der Waals surface area contributed by atoms with Crippen LogP contribution in [0.25, 0.3) is 0 Å². The lowest BCUT2D eigenvalue weighted by Crippen LogP contribution is -2.59. The Morgan fingerprint density at radius 2 is 1.62 bits per heavy atom. The standard InChI is InChI=1S/C30H40BN3O5/c1-28(2)29(3,4)39-31(38-28)19-5-6-25-26(11-19)34(21-12-20(13-21)33-15-24-14-22(33)18-37-24)27(35)30(25)7-9-32(10-8-30)23-16-36-17-23/h5-6,11,15,20-23H,7-10,12-14,16-18H2,1-4H3. The first-order valence-electron chi connectivity index (χ1n) is 14.9. The van der Waals surface area contributed by atoms with E-state index in [0.29, 0.717) is 24.0 Å². The molecule has 5 fully saturated rings. The second kappa shape index (κ2) is 8.24. The summed E-state index contributed by atoms with van der Waals surface area (Å²) in [6.07, 6.45) is 7.01. The van der Waals surface area contributed by atoms with Crippen LogP contribution in [0.4, 0.5) is 5.69 Å². The van der Waals surface area contributed by atoms with E-state index in [2.05, 4.69) is 66.8 Å². The Hall–Kier alpha value is -2.07. The average Bonchev–Trinajstić information content (AvgIpc) is 3.57. The molecule has 0 N–H and O–H groups in total. The van der Waals surface area contributed by atoms with Crippen LogP contribution in [0.3, 0.4) is 0 Å². The van der Waals surface area contributed by atoms with E-state index >= 15 is 0 Å². The smallest absolute Gasteiger partial charge is 0.494 e. The van der Waals surface area contributed by atoms with Crippen LogP contribution in [0.2, 0.25) is 0 Å². The van der Waals surface area contributed by atoms with Crippen LogP contribution in [-0.4, -0.2) is 91.1 Å². The van der Waals surface area contributed by atoms with Gasteiger partial charge >= 0.3 is 7.12 Å². The fraction of sp³-hybridized carbons (Fsp3) is 0.700. The number of anilines is 1. The van der Waals surface area contributed by atoms with Gasteiger partial charge in [0, 0.05) is 30.4 Å². The topological polar surface area (TPSA) is 63.7 Å². The molecule has 7 aliphatic rings. The van der Waals surface area contributed by atoms with Crippen molar-refractivity contribution in [1.29, 1.82) is 0 Å². The molecule has 1 aromatic rings. The van der Waals surface area contributed by atoms with Crippen molar-refractivity contribution in [2.24, 2.45) is 0 Å². The van der Waals surface area contributed by atoms with Crippen molar-refractivity contribution in [2.45, 2.75) is 101 Å². The van der Waals surface area contributed by atoms with Crippen molar-refractivity contribution >= 4 is 24.2 Å². The molecule has 8 rings (SSSR count). The lowest BCUT2D eigenvalue weighted by atomic mass is 9.71. The van der Waals surface area contributed by atoms with Crippen molar-refractivity contribution in [2.75, 3.05) is 37.8 Å². The van der Waals surface area contributed by atoms with Gasteiger partial charge in [0.2, 0.25) is 5.91 Å². The molecule has 39 heavy (non-hydrogen) atoms. The molecule has 9 heteroatoms. The van der Waals surface area contributed by atoms with Gasteiger partial charge in [-0.25, -0.2) is 0 Å². The summed E-state index contributed by atoms with van der Waals surface area (Å²) in [4.78, 5) is 21.7. The molecule has 0 aromatic heterocycles. The predicted octanol–water partition coefficient (Wildman–Crippen LogP) is 2.54. The van der Waals surface area contributed by atoms with Crippen molar-refractivity contribution in [3.63, 3.8) is 0 Å². The fourth-order valence-electron chi connectivity index (χ4n) is 7.81. The summed E-state index contributed by atoms with van der Waals surface area (Å²) in [5.41, 5.74) is 2.05. The number of hydrogen-bond acceptors (Lipinski definition) is 7. The second-order valence-corrected chi connectivity index (χ2v) is 13.8. The molecule has 1 saturated carbocycles. The molecule has 2 bridgehead atoms. The minimum absolute atomic E-state index is 0.227. The highest BCUT2D eigenvalue weighted by atomic mass is 16.7. The van der Waals surface area contributed by atoms with Crippen molar-refractivity contribution in [3.8, 4) is 0 Å². The number of likely N-dealkylation sites (tertiary alicyclic amines) is 1. The summed E-state index contributed by atoms with van der Waals surface area (Å²) < 4.78 is 24.0. The van der Waals surface area contributed by atoms with E-state index in [4.69, 9.17) is 18.8 Å². The molecule has 208 valence electrons. The fourth-order valence-corrected chi connectivity index (χ4v) is 7.81. The van der Waals surface area contributed by atoms with Crippen LogP contribution in [-0.2, 0) is 29.0 Å². The zero-order valence-electron chi connectivity index (χ0n) is 23.7. The largest absolute Gasteiger partial charge is 0.494 e. The molecule has 6 aliphatic heterocycles. The number of nitrogens with zero attached hydrogens (tertiary/aromatic N) is 3. The maximum atomic E-state index is 14.5. The normalized spacial score (nSPS) is 34.3. The molecule has 1 aliphatic carbocycles. The molecule has 1 amide bonds. The third kappa shape index (κ3) is 3.49. The van der Waals surface area contributed by atoms with E-state index < -0.39 is 23.7 Å². The monoisotopic (exact) mass is 533 g/mol. The molecule has 1 spiro atoms. The van der Waals surface area contributed by atoms with Gasteiger partial charge in [0.1, 0.15) is 12.4 Å². The van der Waals surface area contributed by atoms with Gasteiger partial charge in [-0.2, -0.15) is 0 Å².